The van der Waals surface area contributed by atoms with Gasteiger partial charge in [0, 0.05) is 23.5 Å². The summed E-state index contributed by atoms with van der Waals surface area (Å²) in [6.07, 6.45) is 3.49. The number of carbonyl (C=O) groups excluding carboxylic acids is 1. The number of ether oxygens (including phenoxy) is 2. The van der Waals surface area contributed by atoms with E-state index in [9.17, 15) is 4.79 Å². The lowest BCUT2D eigenvalue weighted by atomic mass is 10.1. The van der Waals surface area contributed by atoms with Crippen LogP contribution in [-0.2, 0) is 6.61 Å². The molecule has 1 aromatic heterocycles. The Morgan fingerprint density at radius 2 is 2.04 bits per heavy atom. The van der Waals surface area contributed by atoms with E-state index >= 15 is 0 Å². The lowest BCUT2D eigenvalue weighted by molar-refractivity contribution is 0.0976. The van der Waals surface area contributed by atoms with Gasteiger partial charge >= 0.3 is 0 Å². The Labute approximate surface area is 151 Å². The van der Waals surface area contributed by atoms with Gasteiger partial charge < -0.3 is 14.4 Å². The lowest BCUT2D eigenvalue weighted by Crippen LogP contribution is -2.37. The molecule has 0 bridgehead atoms. The van der Waals surface area contributed by atoms with E-state index in [1.165, 1.54) is 0 Å². The van der Waals surface area contributed by atoms with Gasteiger partial charge in [-0.1, -0.05) is 24.3 Å². The highest BCUT2D eigenvalue weighted by molar-refractivity contribution is 6.07. The summed E-state index contributed by atoms with van der Waals surface area (Å²) in [6.45, 7) is 1.42. The van der Waals surface area contributed by atoms with Crippen molar-refractivity contribution in [2.24, 2.45) is 0 Å². The third-order valence-electron chi connectivity index (χ3n) is 4.18. The monoisotopic (exact) mass is 346 g/mol. The molecule has 3 aromatic rings. The number of carbonyl (C=O) groups is 1. The molecule has 1 aliphatic rings. The molecule has 26 heavy (non-hydrogen) atoms. The third kappa shape index (κ3) is 3.37. The number of pyridine rings is 1. The number of nitrogens with zero attached hydrogens (tertiary/aromatic N) is 2. The number of rotatable bonds is 4. The molecule has 0 saturated carbocycles. The molecular formula is C21H18N2O3. The highest BCUT2D eigenvalue weighted by Crippen LogP contribution is 2.32. The van der Waals surface area contributed by atoms with Crippen LogP contribution in [0.3, 0.4) is 0 Å². The summed E-state index contributed by atoms with van der Waals surface area (Å²) in [5.74, 6) is 1.32. The van der Waals surface area contributed by atoms with Gasteiger partial charge in [-0.05, 0) is 36.4 Å². The van der Waals surface area contributed by atoms with Crippen molar-refractivity contribution in [2.45, 2.75) is 6.61 Å². The quantitative estimate of drug-likeness (QED) is 0.723. The Morgan fingerprint density at radius 1 is 1.12 bits per heavy atom. The SMILES string of the molecule is O=C(c1cccc(OCc2cccnc2)c1)N1CCOc2ccccc21. The molecule has 2 aromatic carbocycles. The summed E-state index contributed by atoms with van der Waals surface area (Å²) < 4.78 is 11.4. The maximum Gasteiger partial charge on any atom is 0.258 e. The molecule has 4 rings (SSSR count). The van der Waals surface area contributed by atoms with Crippen LogP contribution in [0.5, 0.6) is 11.5 Å². The van der Waals surface area contributed by atoms with Crippen molar-refractivity contribution in [3.8, 4) is 11.5 Å². The summed E-state index contributed by atoms with van der Waals surface area (Å²) in [6, 6.07) is 18.7. The number of hydrogen-bond donors (Lipinski definition) is 0. The standard InChI is InChI=1S/C21H18N2O3/c24-21(23-11-12-25-20-9-2-1-8-19(20)23)17-6-3-7-18(13-17)26-15-16-5-4-10-22-14-16/h1-10,13-14H,11-12,15H2. The average molecular weight is 346 g/mol. The summed E-state index contributed by atoms with van der Waals surface area (Å²) in [5.41, 5.74) is 2.36. The summed E-state index contributed by atoms with van der Waals surface area (Å²) in [7, 11) is 0. The zero-order valence-electron chi connectivity index (χ0n) is 14.2. The van der Waals surface area contributed by atoms with E-state index in [0.717, 1.165) is 17.0 Å². The highest BCUT2D eigenvalue weighted by atomic mass is 16.5. The molecule has 0 atom stereocenters. The van der Waals surface area contributed by atoms with Gasteiger partial charge in [-0.3, -0.25) is 9.78 Å². The van der Waals surface area contributed by atoms with Crippen molar-refractivity contribution in [1.29, 1.82) is 0 Å². The van der Waals surface area contributed by atoms with Gasteiger partial charge in [-0.25, -0.2) is 0 Å². The lowest BCUT2D eigenvalue weighted by Gasteiger charge is -2.29. The van der Waals surface area contributed by atoms with Crippen LogP contribution in [0.15, 0.2) is 73.1 Å². The first-order valence-electron chi connectivity index (χ1n) is 8.47. The van der Waals surface area contributed by atoms with Gasteiger partial charge in [0.05, 0.1) is 12.2 Å². The van der Waals surface area contributed by atoms with Gasteiger partial charge in [0.15, 0.2) is 0 Å². The first-order valence-corrected chi connectivity index (χ1v) is 8.47. The maximum absolute atomic E-state index is 13.0. The van der Waals surface area contributed by atoms with Crippen LogP contribution in [0.1, 0.15) is 15.9 Å². The fourth-order valence-electron chi connectivity index (χ4n) is 2.91. The number of amides is 1. The van der Waals surface area contributed by atoms with E-state index in [2.05, 4.69) is 4.98 Å². The maximum atomic E-state index is 13.0. The van der Waals surface area contributed by atoms with Crippen LogP contribution in [0.2, 0.25) is 0 Å². The normalized spacial score (nSPS) is 12.8. The van der Waals surface area contributed by atoms with Crippen LogP contribution < -0.4 is 14.4 Å². The average Bonchev–Trinajstić information content (AvgIpc) is 2.72. The van der Waals surface area contributed by atoms with Crippen molar-refractivity contribution in [3.63, 3.8) is 0 Å². The number of fused-ring (bicyclic) bond motifs is 1. The first kappa shape index (κ1) is 16.1. The largest absolute Gasteiger partial charge is 0.490 e. The molecular weight excluding hydrogens is 328 g/mol. The molecule has 5 nitrogen and oxygen atoms in total. The predicted octanol–water partition coefficient (Wildman–Crippen LogP) is 3.70. The van der Waals surface area contributed by atoms with Crippen LogP contribution >= 0.6 is 0 Å². The third-order valence-corrected chi connectivity index (χ3v) is 4.18. The van der Waals surface area contributed by atoms with Crippen molar-refractivity contribution in [2.75, 3.05) is 18.1 Å². The topological polar surface area (TPSA) is 51.7 Å². The van der Waals surface area contributed by atoms with Crippen LogP contribution in [0, 0.1) is 0 Å². The molecule has 1 aliphatic heterocycles. The van der Waals surface area contributed by atoms with Gasteiger partial charge in [0.25, 0.3) is 5.91 Å². The Kier molecular flexibility index (Phi) is 4.51. The van der Waals surface area contributed by atoms with Gasteiger partial charge in [0.1, 0.15) is 24.7 Å². The molecule has 1 amide bonds. The molecule has 0 unspecified atom stereocenters. The summed E-state index contributed by atoms with van der Waals surface area (Å²) >= 11 is 0. The van der Waals surface area contributed by atoms with Gasteiger partial charge in [0.2, 0.25) is 0 Å². The Hall–Kier alpha value is -3.34. The van der Waals surface area contributed by atoms with E-state index in [1.54, 1.807) is 29.4 Å². The second kappa shape index (κ2) is 7.27. The first-order chi connectivity index (χ1) is 12.8. The number of anilines is 1. The van der Waals surface area contributed by atoms with Crippen molar-refractivity contribution in [1.82, 2.24) is 4.98 Å². The Bertz CT molecular complexity index is 912. The zero-order chi connectivity index (χ0) is 17.8. The number of hydrogen-bond acceptors (Lipinski definition) is 4. The molecule has 0 fully saturated rings. The molecule has 0 saturated heterocycles. The minimum Gasteiger partial charge on any atom is -0.490 e. The van der Waals surface area contributed by atoms with E-state index < -0.39 is 0 Å². The molecule has 0 radical (unpaired) electrons. The van der Waals surface area contributed by atoms with E-state index in [1.807, 2.05) is 48.5 Å². The molecule has 130 valence electrons. The molecule has 2 heterocycles. The van der Waals surface area contributed by atoms with Crippen LogP contribution in [-0.4, -0.2) is 24.0 Å². The van der Waals surface area contributed by atoms with E-state index in [0.29, 0.717) is 31.1 Å². The minimum atomic E-state index is -0.0624. The van der Waals surface area contributed by atoms with E-state index in [4.69, 9.17) is 9.47 Å². The van der Waals surface area contributed by atoms with Crippen LogP contribution in [0.25, 0.3) is 0 Å². The number of aromatic nitrogens is 1. The minimum absolute atomic E-state index is 0.0624. The van der Waals surface area contributed by atoms with Crippen molar-refractivity contribution < 1.29 is 14.3 Å². The zero-order valence-corrected chi connectivity index (χ0v) is 14.2. The number of benzene rings is 2. The molecule has 0 aliphatic carbocycles. The van der Waals surface area contributed by atoms with E-state index in [-0.39, 0.29) is 5.91 Å². The van der Waals surface area contributed by atoms with Gasteiger partial charge in [-0.2, -0.15) is 0 Å². The van der Waals surface area contributed by atoms with Gasteiger partial charge in [-0.15, -0.1) is 0 Å². The predicted molar refractivity (Wildman–Crippen MR) is 98.6 cm³/mol. The number of para-hydroxylation sites is 2. The Balaban J connectivity index is 1.52. The second-order valence-electron chi connectivity index (χ2n) is 5.95. The Morgan fingerprint density at radius 3 is 2.92 bits per heavy atom. The smallest absolute Gasteiger partial charge is 0.258 e. The fourth-order valence-corrected chi connectivity index (χ4v) is 2.91. The van der Waals surface area contributed by atoms with Crippen molar-refractivity contribution in [3.05, 3.63) is 84.2 Å². The summed E-state index contributed by atoms with van der Waals surface area (Å²) in [5, 5.41) is 0. The fraction of sp³-hybridized carbons (Fsp3) is 0.143. The van der Waals surface area contributed by atoms with Crippen LogP contribution in [0.4, 0.5) is 5.69 Å². The molecule has 0 N–H and O–H groups in total. The molecule has 0 spiro atoms. The highest BCUT2D eigenvalue weighted by Gasteiger charge is 2.24. The second-order valence-corrected chi connectivity index (χ2v) is 5.95. The summed E-state index contributed by atoms with van der Waals surface area (Å²) in [4.78, 5) is 18.8. The van der Waals surface area contributed by atoms with Crippen molar-refractivity contribution >= 4 is 11.6 Å². The molecule has 5 heteroatoms.